The molecule has 2 aliphatic carbocycles. The van der Waals surface area contributed by atoms with Gasteiger partial charge in [0.1, 0.15) is 17.4 Å². The number of benzene rings is 2. The van der Waals surface area contributed by atoms with Crippen LogP contribution in [0.5, 0.6) is 5.75 Å². The molecule has 1 N–H and O–H groups in total. The third-order valence-electron chi connectivity index (χ3n) is 9.06. The number of phenols is 1. The van der Waals surface area contributed by atoms with Gasteiger partial charge < -0.3 is 10.0 Å². The van der Waals surface area contributed by atoms with Crippen LogP contribution in [-0.4, -0.2) is 64.1 Å². The van der Waals surface area contributed by atoms with Crippen LogP contribution in [0.4, 0.5) is 5.82 Å². The summed E-state index contributed by atoms with van der Waals surface area (Å²) in [6.07, 6.45) is 17.5. The molecule has 2 aliphatic heterocycles. The van der Waals surface area contributed by atoms with E-state index in [4.69, 9.17) is 21.6 Å². The Hall–Kier alpha value is -3.71. The van der Waals surface area contributed by atoms with Crippen molar-refractivity contribution in [2.45, 2.75) is 38.3 Å². The number of aromatic nitrogens is 2. The minimum absolute atomic E-state index is 0.102. The first kappa shape index (κ1) is 28.1. The molecule has 1 aromatic heterocycles. The van der Waals surface area contributed by atoms with Gasteiger partial charge in [-0.1, -0.05) is 66.2 Å². The molecule has 1 atom stereocenters. The van der Waals surface area contributed by atoms with Gasteiger partial charge in [0.05, 0.1) is 18.1 Å². The molecule has 3 aromatic rings. The Balaban J connectivity index is 1.09. The first-order chi connectivity index (χ1) is 21.1. The minimum atomic E-state index is 0.102. The number of aromatic hydroxyl groups is 1. The van der Waals surface area contributed by atoms with E-state index in [-0.39, 0.29) is 11.8 Å². The van der Waals surface area contributed by atoms with Gasteiger partial charge in [0.2, 0.25) is 0 Å². The highest BCUT2D eigenvalue weighted by atomic mass is 35.5. The van der Waals surface area contributed by atoms with E-state index in [9.17, 15) is 5.11 Å². The van der Waals surface area contributed by atoms with Crippen molar-refractivity contribution in [1.29, 1.82) is 0 Å². The van der Waals surface area contributed by atoms with Crippen LogP contribution in [0.2, 0.25) is 0 Å². The number of hydrogen-bond donors (Lipinski definition) is 1. The lowest BCUT2D eigenvalue weighted by atomic mass is 9.95. The average molecular weight is 592 g/mol. The van der Waals surface area contributed by atoms with Crippen molar-refractivity contribution in [2.24, 2.45) is 0 Å². The van der Waals surface area contributed by atoms with Crippen LogP contribution in [-0.2, 0) is 6.54 Å². The molecule has 0 radical (unpaired) electrons. The Morgan fingerprint density at radius 1 is 0.884 bits per heavy atom. The maximum absolute atomic E-state index is 9.94. The normalized spacial score (nSPS) is 20.5. The Morgan fingerprint density at radius 2 is 1.72 bits per heavy atom. The number of rotatable bonds is 6. The molecule has 7 heteroatoms. The van der Waals surface area contributed by atoms with Crippen LogP contribution in [0.15, 0.2) is 107 Å². The van der Waals surface area contributed by atoms with E-state index in [1.807, 2.05) is 24.3 Å². The molecule has 1 saturated heterocycles. The Morgan fingerprint density at radius 3 is 2.58 bits per heavy atom. The standard InChI is InChI=1S/C36H38ClN5O/c37-30-10-6-9-26(13-16-30)35(27-14-17-31(43)18-15-27)41-21-19-40(20-22-41)25-34-38-33-12-5-4-11-32(33)36(39-34)42-23-28-7-2-1-3-8-29(28)24-42/h2,4-5,7,9-18,35,43H,1,3,6,8,19-25H2. The van der Waals surface area contributed by atoms with Gasteiger partial charge in [-0.25, -0.2) is 9.97 Å². The van der Waals surface area contributed by atoms with Crippen LogP contribution >= 0.6 is 11.6 Å². The molecule has 1 unspecified atom stereocenters. The number of para-hydroxylation sites is 1. The predicted molar refractivity (Wildman–Crippen MR) is 175 cm³/mol. The van der Waals surface area contributed by atoms with Crippen molar-refractivity contribution in [3.8, 4) is 5.75 Å². The highest BCUT2D eigenvalue weighted by molar-refractivity contribution is 6.31. The molecule has 2 aromatic carbocycles. The molecule has 4 aliphatic rings. The van der Waals surface area contributed by atoms with Gasteiger partial charge in [0, 0.05) is 49.7 Å². The molecule has 0 spiro atoms. The summed E-state index contributed by atoms with van der Waals surface area (Å²) in [5.74, 6) is 2.24. The molecule has 0 amide bonds. The van der Waals surface area contributed by atoms with E-state index in [1.54, 1.807) is 17.7 Å². The molecule has 1 fully saturated rings. The lowest BCUT2D eigenvalue weighted by Crippen LogP contribution is -2.47. The maximum atomic E-state index is 9.94. The summed E-state index contributed by atoms with van der Waals surface area (Å²) in [6, 6.07) is 16.2. The highest BCUT2D eigenvalue weighted by Gasteiger charge is 2.29. The van der Waals surface area contributed by atoms with Gasteiger partial charge in [0.25, 0.3) is 0 Å². The second-order valence-electron chi connectivity index (χ2n) is 11.9. The summed E-state index contributed by atoms with van der Waals surface area (Å²) in [7, 11) is 0. The number of allylic oxidation sites excluding steroid dienone is 5. The zero-order valence-electron chi connectivity index (χ0n) is 24.5. The van der Waals surface area contributed by atoms with Crippen LogP contribution in [0, 0.1) is 0 Å². The zero-order valence-corrected chi connectivity index (χ0v) is 25.3. The lowest BCUT2D eigenvalue weighted by molar-refractivity contribution is 0.103. The number of phenolic OH excluding ortho intramolecular Hbond substituents is 1. The Labute approximate surface area is 259 Å². The third-order valence-corrected chi connectivity index (χ3v) is 9.34. The third kappa shape index (κ3) is 6.19. The van der Waals surface area contributed by atoms with Crippen LogP contribution in [0.1, 0.15) is 43.1 Å². The zero-order chi connectivity index (χ0) is 29.2. The number of fused-ring (bicyclic) bond motifs is 1. The van der Waals surface area contributed by atoms with Crippen LogP contribution in [0.25, 0.3) is 10.9 Å². The first-order valence-electron chi connectivity index (χ1n) is 15.5. The number of hydrogen-bond acceptors (Lipinski definition) is 6. The fourth-order valence-electron chi connectivity index (χ4n) is 6.82. The smallest absolute Gasteiger partial charge is 0.145 e. The summed E-state index contributed by atoms with van der Waals surface area (Å²) in [4.78, 5) is 17.7. The van der Waals surface area contributed by atoms with Crippen LogP contribution < -0.4 is 4.90 Å². The van der Waals surface area contributed by atoms with Crippen molar-refractivity contribution in [2.75, 3.05) is 44.2 Å². The van der Waals surface area contributed by atoms with E-state index >= 15 is 0 Å². The number of halogens is 1. The van der Waals surface area contributed by atoms with Gasteiger partial charge in [-0.15, -0.1) is 0 Å². The minimum Gasteiger partial charge on any atom is -0.508 e. The quantitative estimate of drug-likeness (QED) is 0.331. The van der Waals surface area contributed by atoms with Crippen LogP contribution in [0.3, 0.4) is 0 Å². The summed E-state index contributed by atoms with van der Waals surface area (Å²) in [6.45, 7) is 6.33. The van der Waals surface area contributed by atoms with Gasteiger partial charge in [0.15, 0.2) is 0 Å². The van der Waals surface area contributed by atoms with Gasteiger partial charge in [-0.05, 0) is 78.3 Å². The fourth-order valence-corrected chi connectivity index (χ4v) is 6.97. The van der Waals surface area contributed by atoms with E-state index in [1.165, 1.54) is 36.0 Å². The van der Waals surface area contributed by atoms with E-state index < -0.39 is 0 Å². The summed E-state index contributed by atoms with van der Waals surface area (Å²) < 4.78 is 0. The summed E-state index contributed by atoms with van der Waals surface area (Å²) in [5, 5.41) is 11.8. The largest absolute Gasteiger partial charge is 0.508 e. The van der Waals surface area contributed by atoms with Crippen molar-refractivity contribution >= 4 is 28.3 Å². The number of nitrogens with zero attached hydrogens (tertiary/aromatic N) is 5. The average Bonchev–Trinajstić information content (AvgIpc) is 3.14. The van der Waals surface area contributed by atoms with E-state index in [2.05, 4.69) is 63.3 Å². The number of anilines is 1. The Bertz CT molecular complexity index is 1650. The van der Waals surface area contributed by atoms with Crippen molar-refractivity contribution in [3.63, 3.8) is 0 Å². The van der Waals surface area contributed by atoms with E-state index in [0.717, 1.165) is 79.8 Å². The molecule has 220 valence electrons. The molecule has 43 heavy (non-hydrogen) atoms. The molecular weight excluding hydrogens is 554 g/mol. The Kier molecular flexibility index (Phi) is 8.16. The molecular formula is C36H38ClN5O. The fraction of sp³-hybridized carbons (Fsp3) is 0.333. The molecule has 0 saturated carbocycles. The topological polar surface area (TPSA) is 55.7 Å². The van der Waals surface area contributed by atoms with Gasteiger partial charge in [-0.3, -0.25) is 9.80 Å². The monoisotopic (exact) mass is 591 g/mol. The van der Waals surface area contributed by atoms with E-state index in [0.29, 0.717) is 0 Å². The molecule has 3 heterocycles. The lowest BCUT2D eigenvalue weighted by Gasteiger charge is -2.40. The molecule has 7 rings (SSSR count). The van der Waals surface area contributed by atoms with Crippen molar-refractivity contribution < 1.29 is 5.11 Å². The first-order valence-corrected chi connectivity index (χ1v) is 15.9. The maximum Gasteiger partial charge on any atom is 0.145 e. The second kappa shape index (κ2) is 12.5. The van der Waals surface area contributed by atoms with Crippen molar-refractivity contribution in [1.82, 2.24) is 19.8 Å². The highest BCUT2D eigenvalue weighted by Crippen LogP contribution is 2.35. The molecule has 6 nitrogen and oxygen atoms in total. The summed E-state index contributed by atoms with van der Waals surface area (Å²) >= 11 is 6.33. The second-order valence-corrected chi connectivity index (χ2v) is 12.4. The summed E-state index contributed by atoms with van der Waals surface area (Å²) in [5.41, 5.74) is 6.47. The molecule has 0 bridgehead atoms. The SMILES string of the molecule is Oc1ccc(C(C2=CCC=C(Cl)C=C2)N2CCN(Cc3nc(N4CC5=C(CCCC=C5)C4)c4ccccc4n3)CC2)cc1. The van der Waals surface area contributed by atoms with Gasteiger partial charge >= 0.3 is 0 Å². The predicted octanol–water partition coefficient (Wildman–Crippen LogP) is 7.06. The van der Waals surface area contributed by atoms with Gasteiger partial charge in [-0.2, -0.15) is 0 Å². The van der Waals surface area contributed by atoms with Crippen molar-refractivity contribution in [3.05, 3.63) is 118 Å². The number of piperazine rings is 1.